The summed E-state index contributed by atoms with van der Waals surface area (Å²) in [7, 11) is 1.36. The van der Waals surface area contributed by atoms with Gasteiger partial charge in [0.25, 0.3) is 0 Å². The summed E-state index contributed by atoms with van der Waals surface area (Å²) in [4.78, 5) is 11.7. The second kappa shape index (κ2) is 4.70. The quantitative estimate of drug-likeness (QED) is 0.800. The number of nitrogens with zero attached hydrogens (tertiary/aromatic N) is 3. The maximum absolute atomic E-state index is 11.7. The van der Waals surface area contributed by atoms with Crippen LogP contribution in [0.5, 0.6) is 0 Å². The molecule has 0 spiro atoms. The number of rotatable bonds is 2. The molecule has 2 aliphatic rings. The molecule has 2 saturated carbocycles. The lowest BCUT2D eigenvalue weighted by molar-refractivity contribution is 0.0600. The van der Waals surface area contributed by atoms with E-state index in [4.69, 9.17) is 16.3 Å². The molecule has 2 aromatic rings. The fourth-order valence-corrected chi connectivity index (χ4v) is 4.05. The predicted octanol–water partition coefficient (Wildman–Crippen LogP) is 3.07. The maximum atomic E-state index is 11.7. The van der Waals surface area contributed by atoms with Crippen LogP contribution in [0.4, 0.5) is 0 Å². The highest BCUT2D eigenvalue weighted by molar-refractivity contribution is 6.33. The van der Waals surface area contributed by atoms with Gasteiger partial charge in [0, 0.05) is 12.1 Å². The van der Waals surface area contributed by atoms with Gasteiger partial charge in [-0.15, -0.1) is 10.2 Å². The van der Waals surface area contributed by atoms with Crippen molar-refractivity contribution in [2.24, 2.45) is 11.8 Å². The number of hydrogen-bond donors (Lipinski definition) is 0. The Morgan fingerprint density at radius 1 is 1.33 bits per heavy atom. The van der Waals surface area contributed by atoms with Crippen LogP contribution in [0, 0.1) is 11.8 Å². The molecule has 2 fully saturated rings. The van der Waals surface area contributed by atoms with Crippen molar-refractivity contribution in [3.05, 3.63) is 28.7 Å². The molecule has 0 amide bonds. The summed E-state index contributed by atoms with van der Waals surface area (Å²) in [6.07, 6.45) is 6.90. The van der Waals surface area contributed by atoms with Gasteiger partial charge in [0.1, 0.15) is 5.82 Å². The molecule has 0 aromatic carbocycles. The van der Waals surface area contributed by atoms with Crippen LogP contribution in [0.1, 0.15) is 47.8 Å². The minimum absolute atomic E-state index is 0.397. The van der Waals surface area contributed by atoms with Gasteiger partial charge in [-0.2, -0.15) is 0 Å². The van der Waals surface area contributed by atoms with Crippen molar-refractivity contribution in [3.8, 4) is 0 Å². The number of methoxy groups -OCH3 is 1. The van der Waals surface area contributed by atoms with E-state index in [-0.39, 0.29) is 0 Å². The lowest BCUT2D eigenvalue weighted by Gasteiger charge is -2.04. The van der Waals surface area contributed by atoms with Crippen molar-refractivity contribution in [3.63, 3.8) is 0 Å². The third-order valence-electron chi connectivity index (χ3n) is 4.86. The van der Waals surface area contributed by atoms with Gasteiger partial charge in [-0.25, -0.2) is 4.79 Å². The van der Waals surface area contributed by atoms with Crippen LogP contribution in [-0.4, -0.2) is 27.7 Å². The number of fused-ring (bicyclic) bond motifs is 2. The van der Waals surface area contributed by atoms with Crippen LogP contribution in [-0.2, 0) is 4.74 Å². The number of pyridine rings is 1. The molecule has 0 N–H and O–H groups in total. The van der Waals surface area contributed by atoms with Crippen LogP contribution < -0.4 is 0 Å². The average molecular weight is 306 g/mol. The SMILES string of the molecule is COC(=O)c1cc(Cl)c2nnc(C3C4CCCCC43)n2c1. The number of esters is 1. The van der Waals surface area contributed by atoms with Crippen LogP contribution in [0.25, 0.3) is 5.65 Å². The minimum Gasteiger partial charge on any atom is -0.465 e. The Bertz CT molecular complexity index is 715. The number of carbonyl (C=O) groups is 1. The van der Waals surface area contributed by atoms with Gasteiger partial charge in [0.05, 0.1) is 17.7 Å². The summed E-state index contributed by atoms with van der Waals surface area (Å²) in [5.41, 5.74) is 1.04. The minimum atomic E-state index is -0.397. The van der Waals surface area contributed by atoms with E-state index in [9.17, 15) is 4.79 Å². The molecule has 6 heteroatoms. The van der Waals surface area contributed by atoms with Gasteiger partial charge < -0.3 is 4.74 Å². The average Bonchev–Trinajstić information content (AvgIpc) is 3.08. The van der Waals surface area contributed by atoms with Crippen molar-refractivity contribution in [2.45, 2.75) is 31.6 Å². The lowest BCUT2D eigenvalue weighted by Crippen LogP contribution is -2.04. The first kappa shape index (κ1) is 13.1. The zero-order chi connectivity index (χ0) is 14.6. The van der Waals surface area contributed by atoms with E-state index in [0.29, 0.717) is 22.2 Å². The van der Waals surface area contributed by atoms with Crippen LogP contribution in [0.15, 0.2) is 12.3 Å². The molecule has 5 nitrogen and oxygen atoms in total. The monoisotopic (exact) mass is 305 g/mol. The van der Waals surface area contributed by atoms with E-state index >= 15 is 0 Å². The maximum Gasteiger partial charge on any atom is 0.339 e. The van der Waals surface area contributed by atoms with E-state index < -0.39 is 5.97 Å². The molecule has 110 valence electrons. The fraction of sp³-hybridized carbons (Fsp3) is 0.533. The molecular formula is C15H16ClN3O2. The Balaban J connectivity index is 1.80. The van der Waals surface area contributed by atoms with Crippen LogP contribution in [0.3, 0.4) is 0 Å². The smallest absolute Gasteiger partial charge is 0.339 e. The highest BCUT2D eigenvalue weighted by atomic mass is 35.5. The van der Waals surface area contributed by atoms with E-state index in [2.05, 4.69) is 10.2 Å². The Hall–Kier alpha value is -1.62. The third kappa shape index (κ3) is 1.94. The molecule has 21 heavy (non-hydrogen) atoms. The number of hydrogen-bond acceptors (Lipinski definition) is 4. The second-order valence-electron chi connectivity index (χ2n) is 5.96. The molecule has 2 atom stereocenters. The largest absolute Gasteiger partial charge is 0.465 e. The van der Waals surface area contributed by atoms with Gasteiger partial charge in [0.2, 0.25) is 0 Å². The zero-order valence-corrected chi connectivity index (χ0v) is 12.5. The Morgan fingerprint density at radius 2 is 2.05 bits per heavy atom. The summed E-state index contributed by atoms with van der Waals surface area (Å²) in [6.45, 7) is 0. The van der Waals surface area contributed by atoms with Crippen molar-refractivity contribution in [1.82, 2.24) is 14.6 Å². The normalized spacial score (nSPS) is 27.4. The molecule has 2 heterocycles. The second-order valence-corrected chi connectivity index (χ2v) is 6.37. The molecule has 0 aliphatic heterocycles. The van der Waals surface area contributed by atoms with Crippen molar-refractivity contribution in [2.75, 3.05) is 7.11 Å². The van der Waals surface area contributed by atoms with Gasteiger partial charge in [0.15, 0.2) is 5.65 Å². The highest BCUT2D eigenvalue weighted by Gasteiger charge is 2.53. The molecule has 2 aliphatic carbocycles. The molecule has 2 unspecified atom stereocenters. The molecule has 0 radical (unpaired) electrons. The fourth-order valence-electron chi connectivity index (χ4n) is 3.80. The number of aromatic nitrogens is 3. The zero-order valence-electron chi connectivity index (χ0n) is 11.8. The van der Waals surface area contributed by atoms with Gasteiger partial charge in [-0.1, -0.05) is 24.4 Å². The summed E-state index contributed by atoms with van der Waals surface area (Å²) in [5.74, 6) is 2.46. The van der Waals surface area contributed by atoms with E-state index in [0.717, 1.165) is 17.7 Å². The third-order valence-corrected chi connectivity index (χ3v) is 5.14. The summed E-state index contributed by atoms with van der Waals surface area (Å²) in [5, 5.41) is 8.97. The Morgan fingerprint density at radius 3 is 2.71 bits per heavy atom. The number of carbonyl (C=O) groups excluding carboxylic acids is 1. The lowest BCUT2D eigenvalue weighted by atomic mass is 10.0. The van der Waals surface area contributed by atoms with E-state index in [1.807, 2.05) is 4.40 Å². The standard InChI is InChI=1S/C15H16ClN3O2/c1-21-15(20)8-6-11(16)13-17-18-14(19(13)7-8)12-9-4-2-3-5-10(9)12/h6-7,9-10,12H,2-5H2,1H3. The predicted molar refractivity (Wildman–Crippen MR) is 77.5 cm³/mol. The van der Waals surface area contributed by atoms with Gasteiger partial charge in [-0.05, 0) is 30.7 Å². The molecule has 4 rings (SSSR count). The van der Waals surface area contributed by atoms with Crippen molar-refractivity contribution in [1.29, 1.82) is 0 Å². The topological polar surface area (TPSA) is 56.5 Å². The van der Waals surface area contributed by atoms with E-state index in [1.54, 1.807) is 12.3 Å². The highest BCUT2D eigenvalue weighted by Crippen LogP contribution is 2.60. The van der Waals surface area contributed by atoms with Crippen LogP contribution >= 0.6 is 11.6 Å². The summed E-state index contributed by atoms with van der Waals surface area (Å²) < 4.78 is 6.65. The van der Waals surface area contributed by atoms with Gasteiger partial charge in [-0.3, -0.25) is 4.40 Å². The summed E-state index contributed by atoms with van der Waals surface area (Å²) in [6, 6.07) is 1.58. The first-order valence-corrected chi connectivity index (χ1v) is 7.71. The van der Waals surface area contributed by atoms with Crippen molar-refractivity contribution >= 4 is 23.2 Å². The van der Waals surface area contributed by atoms with E-state index in [1.165, 1.54) is 32.8 Å². The number of halogens is 1. The Kier molecular flexibility index (Phi) is 2.92. The first-order valence-electron chi connectivity index (χ1n) is 7.33. The Labute approximate surface area is 127 Å². The first-order chi connectivity index (χ1) is 10.2. The van der Waals surface area contributed by atoms with Crippen molar-refractivity contribution < 1.29 is 9.53 Å². The molecule has 0 saturated heterocycles. The number of ether oxygens (including phenoxy) is 1. The summed E-state index contributed by atoms with van der Waals surface area (Å²) >= 11 is 6.22. The molecular weight excluding hydrogens is 290 g/mol. The molecule has 2 aromatic heterocycles. The molecule has 0 bridgehead atoms. The van der Waals surface area contributed by atoms with Crippen LogP contribution in [0.2, 0.25) is 5.02 Å². The van der Waals surface area contributed by atoms with Gasteiger partial charge >= 0.3 is 5.97 Å².